The SMILES string of the molecule is Cc1cc(Oc2ccc([C@H](C)N)cc2)ccc1C(C)C. The van der Waals surface area contributed by atoms with E-state index in [0.29, 0.717) is 5.92 Å². The second-order valence-corrected chi connectivity index (χ2v) is 5.63. The van der Waals surface area contributed by atoms with Crippen molar-refractivity contribution in [3.8, 4) is 11.5 Å². The van der Waals surface area contributed by atoms with Gasteiger partial charge in [-0.05, 0) is 60.7 Å². The average Bonchev–Trinajstić information content (AvgIpc) is 2.39. The van der Waals surface area contributed by atoms with Gasteiger partial charge in [0.15, 0.2) is 0 Å². The van der Waals surface area contributed by atoms with Gasteiger partial charge in [-0.1, -0.05) is 32.0 Å². The topological polar surface area (TPSA) is 35.2 Å². The van der Waals surface area contributed by atoms with Gasteiger partial charge in [0.2, 0.25) is 0 Å². The minimum Gasteiger partial charge on any atom is -0.457 e. The van der Waals surface area contributed by atoms with E-state index < -0.39 is 0 Å². The smallest absolute Gasteiger partial charge is 0.127 e. The highest BCUT2D eigenvalue weighted by molar-refractivity contribution is 5.39. The highest BCUT2D eigenvalue weighted by Gasteiger charge is 2.06. The first-order valence-electron chi connectivity index (χ1n) is 7.11. The zero-order chi connectivity index (χ0) is 14.7. The fourth-order valence-corrected chi connectivity index (χ4v) is 2.33. The summed E-state index contributed by atoms with van der Waals surface area (Å²) >= 11 is 0. The molecule has 1 atom stereocenters. The van der Waals surface area contributed by atoms with E-state index in [9.17, 15) is 0 Å². The minimum absolute atomic E-state index is 0.0524. The summed E-state index contributed by atoms with van der Waals surface area (Å²) in [7, 11) is 0. The van der Waals surface area contributed by atoms with Gasteiger partial charge in [-0.25, -0.2) is 0 Å². The largest absolute Gasteiger partial charge is 0.457 e. The van der Waals surface area contributed by atoms with Crippen LogP contribution in [0.15, 0.2) is 42.5 Å². The highest BCUT2D eigenvalue weighted by Crippen LogP contribution is 2.27. The van der Waals surface area contributed by atoms with Crippen molar-refractivity contribution in [1.29, 1.82) is 0 Å². The molecule has 0 aliphatic rings. The first kappa shape index (κ1) is 14.6. The second kappa shape index (κ2) is 6.10. The Kier molecular flexibility index (Phi) is 4.46. The molecule has 2 N–H and O–H groups in total. The Morgan fingerprint density at radius 2 is 1.50 bits per heavy atom. The molecule has 0 radical (unpaired) electrons. The standard InChI is InChI=1S/C18H23NO/c1-12(2)18-10-9-17(11-13(18)3)20-16-7-5-15(6-8-16)14(4)19/h5-12,14H,19H2,1-4H3/t14-/m0/s1. The predicted molar refractivity (Wildman–Crippen MR) is 84.4 cm³/mol. The van der Waals surface area contributed by atoms with Gasteiger partial charge < -0.3 is 10.5 Å². The molecule has 0 unspecified atom stereocenters. The minimum atomic E-state index is 0.0524. The molecule has 2 aromatic rings. The lowest BCUT2D eigenvalue weighted by Gasteiger charge is -2.13. The van der Waals surface area contributed by atoms with E-state index in [0.717, 1.165) is 17.1 Å². The Hall–Kier alpha value is -1.80. The molecule has 2 nitrogen and oxygen atoms in total. The van der Waals surface area contributed by atoms with Crippen LogP contribution >= 0.6 is 0 Å². The lowest BCUT2D eigenvalue weighted by Crippen LogP contribution is -2.04. The van der Waals surface area contributed by atoms with E-state index in [1.54, 1.807) is 0 Å². The van der Waals surface area contributed by atoms with Crippen molar-refractivity contribution in [2.24, 2.45) is 5.73 Å². The lowest BCUT2D eigenvalue weighted by molar-refractivity contribution is 0.481. The maximum atomic E-state index is 5.89. The molecule has 0 amide bonds. The van der Waals surface area contributed by atoms with Gasteiger partial charge >= 0.3 is 0 Å². The van der Waals surface area contributed by atoms with Gasteiger partial charge in [-0.2, -0.15) is 0 Å². The van der Waals surface area contributed by atoms with Gasteiger partial charge in [-0.15, -0.1) is 0 Å². The third-order valence-corrected chi connectivity index (χ3v) is 3.50. The fraction of sp³-hybridized carbons (Fsp3) is 0.333. The maximum Gasteiger partial charge on any atom is 0.127 e. The third-order valence-electron chi connectivity index (χ3n) is 3.50. The molecule has 0 saturated heterocycles. The Bertz CT molecular complexity index is 570. The number of nitrogens with two attached hydrogens (primary N) is 1. The first-order chi connectivity index (χ1) is 9.47. The number of aryl methyl sites for hydroxylation is 1. The summed E-state index contributed by atoms with van der Waals surface area (Å²) in [5.41, 5.74) is 9.59. The summed E-state index contributed by atoms with van der Waals surface area (Å²) in [4.78, 5) is 0. The van der Waals surface area contributed by atoms with Crippen LogP contribution in [0.3, 0.4) is 0 Å². The van der Waals surface area contributed by atoms with Crippen molar-refractivity contribution in [3.63, 3.8) is 0 Å². The van der Waals surface area contributed by atoms with Crippen LogP contribution in [0.25, 0.3) is 0 Å². The second-order valence-electron chi connectivity index (χ2n) is 5.63. The molecular formula is C18H23NO. The number of ether oxygens (including phenoxy) is 1. The Labute approximate surface area is 121 Å². The molecule has 0 heterocycles. The molecule has 0 bridgehead atoms. The van der Waals surface area contributed by atoms with E-state index in [2.05, 4.69) is 32.9 Å². The van der Waals surface area contributed by atoms with E-state index in [-0.39, 0.29) is 6.04 Å². The lowest BCUT2D eigenvalue weighted by atomic mass is 9.98. The van der Waals surface area contributed by atoms with Crippen LogP contribution < -0.4 is 10.5 Å². The molecule has 2 aromatic carbocycles. The van der Waals surface area contributed by atoms with Crippen LogP contribution in [0, 0.1) is 6.92 Å². The number of hydrogen-bond acceptors (Lipinski definition) is 2. The summed E-state index contributed by atoms with van der Waals surface area (Å²) in [5.74, 6) is 2.25. The van der Waals surface area contributed by atoms with E-state index >= 15 is 0 Å². The van der Waals surface area contributed by atoms with E-state index in [4.69, 9.17) is 10.5 Å². The van der Waals surface area contributed by atoms with Crippen LogP contribution in [0.1, 0.15) is 49.4 Å². The molecule has 0 saturated carbocycles. The number of hydrogen-bond donors (Lipinski definition) is 1. The zero-order valence-corrected chi connectivity index (χ0v) is 12.7. The molecule has 106 valence electrons. The third kappa shape index (κ3) is 3.40. The van der Waals surface area contributed by atoms with Crippen LogP contribution in [-0.4, -0.2) is 0 Å². The van der Waals surface area contributed by atoms with Gasteiger partial charge in [-0.3, -0.25) is 0 Å². The van der Waals surface area contributed by atoms with Crippen LogP contribution in [0.2, 0.25) is 0 Å². The van der Waals surface area contributed by atoms with Crippen LogP contribution in [0.5, 0.6) is 11.5 Å². The van der Waals surface area contributed by atoms with Crippen molar-refractivity contribution in [2.75, 3.05) is 0 Å². The van der Waals surface area contributed by atoms with Crippen molar-refractivity contribution >= 4 is 0 Å². The van der Waals surface area contributed by atoms with E-state index in [1.165, 1.54) is 11.1 Å². The maximum absolute atomic E-state index is 5.89. The molecular weight excluding hydrogens is 246 g/mol. The van der Waals surface area contributed by atoms with Gasteiger partial charge in [0.05, 0.1) is 0 Å². The Morgan fingerprint density at radius 3 is 2.00 bits per heavy atom. The zero-order valence-electron chi connectivity index (χ0n) is 12.7. The monoisotopic (exact) mass is 269 g/mol. The van der Waals surface area contributed by atoms with Gasteiger partial charge in [0, 0.05) is 6.04 Å². The number of rotatable bonds is 4. The summed E-state index contributed by atoms with van der Waals surface area (Å²) in [6.07, 6.45) is 0. The molecule has 0 aromatic heterocycles. The van der Waals surface area contributed by atoms with Crippen LogP contribution in [0.4, 0.5) is 0 Å². The molecule has 2 heteroatoms. The Morgan fingerprint density at radius 1 is 0.900 bits per heavy atom. The summed E-state index contributed by atoms with van der Waals surface area (Å²) in [5, 5.41) is 0. The summed E-state index contributed by atoms with van der Waals surface area (Å²) in [6, 6.07) is 14.3. The fourth-order valence-electron chi connectivity index (χ4n) is 2.33. The normalized spacial score (nSPS) is 12.5. The molecule has 0 aliphatic carbocycles. The quantitative estimate of drug-likeness (QED) is 0.854. The van der Waals surface area contributed by atoms with Crippen molar-refractivity contribution in [1.82, 2.24) is 0 Å². The summed E-state index contributed by atoms with van der Waals surface area (Å²) in [6.45, 7) is 8.51. The van der Waals surface area contributed by atoms with Crippen LogP contribution in [-0.2, 0) is 0 Å². The van der Waals surface area contributed by atoms with Crippen molar-refractivity contribution in [3.05, 3.63) is 59.2 Å². The van der Waals surface area contributed by atoms with Crippen molar-refractivity contribution in [2.45, 2.75) is 39.7 Å². The first-order valence-corrected chi connectivity index (χ1v) is 7.11. The van der Waals surface area contributed by atoms with Gasteiger partial charge in [0.1, 0.15) is 11.5 Å². The number of benzene rings is 2. The molecule has 0 spiro atoms. The summed E-state index contributed by atoms with van der Waals surface area (Å²) < 4.78 is 5.89. The predicted octanol–water partition coefficient (Wildman–Crippen LogP) is 4.93. The van der Waals surface area contributed by atoms with Crippen molar-refractivity contribution < 1.29 is 4.74 Å². The highest BCUT2D eigenvalue weighted by atomic mass is 16.5. The molecule has 0 fully saturated rings. The Balaban J connectivity index is 2.15. The average molecular weight is 269 g/mol. The molecule has 20 heavy (non-hydrogen) atoms. The van der Waals surface area contributed by atoms with E-state index in [1.807, 2.05) is 37.3 Å². The van der Waals surface area contributed by atoms with Gasteiger partial charge in [0.25, 0.3) is 0 Å². The molecule has 2 rings (SSSR count). The molecule has 0 aliphatic heterocycles.